The van der Waals surface area contributed by atoms with Crippen LogP contribution in [0.3, 0.4) is 0 Å². The van der Waals surface area contributed by atoms with E-state index in [1.165, 1.54) is 5.56 Å². The Bertz CT molecular complexity index is 623. The SMILES string of the molecule is CC(C)N1CC(CCl)c2c1cc(O)c1ccccc21. The van der Waals surface area contributed by atoms with Gasteiger partial charge in [-0.2, -0.15) is 0 Å². The Labute approximate surface area is 118 Å². The van der Waals surface area contributed by atoms with Crippen molar-refractivity contribution in [3.63, 3.8) is 0 Å². The Kier molecular flexibility index (Phi) is 3.06. The third kappa shape index (κ3) is 1.86. The number of hydrogen-bond acceptors (Lipinski definition) is 2. The number of nitrogens with zero attached hydrogens (tertiary/aromatic N) is 1. The van der Waals surface area contributed by atoms with Gasteiger partial charge in [-0.25, -0.2) is 0 Å². The molecule has 1 aliphatic rings. The summed E-state index contributed by atoms with van der Waals surface area (Å²) in [6.45, 7) is 5.28. The molecule has 1 N–H and O–H groups in total. The summed E-state index contributed by atoms with van der Waals surface area (Å²) in [4.78, 5) is 2.33. The number of rotatable bonds is 2. The molecule has 1 heterocycles. The maximum atomic E-state index is 10.2. The van der Waals surface area contributed by atoms with Gasteiger partial charge in [0.1, 0.15) is 5.75 Å². The Morgan fingerprint density at radius 1 is 1.32 bits per heavy atom. The van der Waals surface area contributed by atoms with Crippen LogP contribution in [0.25, 0.3) is 10.8 Å². The molecule has 0 spiro atoms. The average Bonchev–Trinajstić information content (AvgIpc) is 2.78. The van der Waals surface area contributed by atoms with Crippen LogP contribution in [-0.4, -0.2) is 23.6 Å². The van der Waals surface area contributed by atoms with Gasteiger partial charge in [-0.05, 0) is 24.8 Å². The summed E-state index contributed by atoms with van der Waals surface area (Å²) in [5.74, 6) is 1.31. The van der Waals surface area contributed by atoms with E-state index >= 15 is 0 Å². The zero-order chi connectivity index (χ0) is 13.6. The van der Waals surface area contributed by atoms with Crippen LogP contribution in [0.2, 0.25) is 0 Å². The minimum Gasteiger partial charge on any atom is -0.507 e. The third-order valence-corrected chi connectivity index (χ3v) is 4.36. The third-order valence-electron chi connectivity index (χ3n) is 3.99. The Balaban J connectivity index is 2.31. The quantitative estimate of drug-likeness (QED) is 0.834. The fourth-order valence-corrected chi connectivity index (χ4v) is 3.32. The molecule has 3 heteroatoms. The smallest absolute Gasteiger partial charge is 0.125 e. The lowest BCUT2D eigenvalue weighted by Crippen LogP contribution is -2.29. The molecule has 1 atom stereocenters. The first kappa shape index (κ1) is 12.6. The van der Waals surface area contributed by atoms with Crippen molar-refractivity contribution in [2.24, 2.45) is 0 Å². The highest BCUT2D eigenvalue weighted by molar-refractivity contribution is 6.18. The number of phenols is 1. The second-order valence-electron chi connectivity index (χ2n) is 5.47. The molecule has 0 aromatic heterocycles. The highest BCUT2D eigenvalue weighted by atomic mass is 35.5. The Morgan fingerprint density at radius 3 is 2.63 bits per heavy atom. The summed E-state index contributed by atoms with van der Waals surface area (Å²) in [6.07, 6.45) is 0. The van der Waals surface area contributed by atoms with Gasteiger partial charge in [-0.3, -0.25) is 0 Å². The van der Waals surface area contributed by atoms with Crippen molar-refractivity contribution in [1.29, 1.82) is 0 Å². The van der Waals surface area contributed by atoms with Crippen LogP contribution in [0.5, 0.6) is 5.75 Å². The van der Waals surface area contributed by atoms with Crippen molar-refractivity contribution in [2.75, 3.05) is 17.3 Å². The minimum absolute atomic E-state index is 0.338. The molecule has 0 radical (unpaired) electrons. The van der Waals surface area contributed by atoms with Gasteiger partial charge in [0.25, 0.3) is 0 Å². The summed E-state index contributed by atoms with van der Waals surface area (Å²) in [6, 6.07) is 10.3. The number of alkyl halides is 1. The summed E-state index contributed by atoms with van der Waals surface area (Å²) in [7, 11) is 0. The fraction of sp³-hybridized carbons (Fsp3) is 0.375. The van der Waals surface area contributed by atoms with E-state index in [0.717, 1.165) is 23.0 Å². The maximum Gasteiger partial charge on any atom is 0.125 e. The van der Waals surface area contributed by atoms with Gasteiger partial charge >= 0.3 is 0 Å². The predicted molar refractivity (Wildman–Crippen MR) is 81.6 cm³/mol. The molecule has 3 rings (SSSR count). The van der Waals surface area contributed by atoms with E-state index in [1.54, 1.807) is 0 Å². The zero-order valence-corrected chi connectivity index (χ0v) is 12.0. The van der Waals surface area contributed by atoms with Crippen molar-refractivity contribution < 1.29 is 5.11 Å². The van der Waals surface area contributed by atoms with Crippen LogP contribution >= 0.6 is 11.6 Å². The molecular formula is C16H18ClNO. The summed E-state index contributed by atoms with van der Waals surface area (Å²) in [5, 5.41) is 12.3. The Morgan fingerprint density at radius 2 is 2.00 bits per heavy atom. The fourth-order valence-electron chi connectivity index (χ4n) is 3.07. The van der Waals surface area contributed by atoms with E-state index in [1.807, 2.05) is 24.3 Å². The molecule has 1 unspecified atom stereocenters. The molecule has 0 fully saturated rings. The largest absolute Gasteiger partial charge is 0.507 e. The lowest BCUT2D eigenvalue weighted by atomic mass is 9.95. The summed E-state index contributed by atoms with van der Waals surface area (Å²) < 4.78 is 0. The lowest BCUT2D eigenvalue weighted by Gasteiger charge is -2.24. The molecule has 2 aromatic rings. The van der Waals surface area contributed by atoms with E-state index < -0.39 is 0 Å². The highest BCUT2D eigenvalue weighted by Crippen LogP contribution is 2.45. The van der Waals surface area contributed by atoms with E-state index in [2.05, 4.69) is 24.8 Å². The van der Waals surface area contributed by atoms with Crippen LogP contribution in [0, 0.1) is 0 Å². The number of aromatic hydroxyl groups is 1. The van der Waals surface area contributed by atoms with E-state index in [-0.39, 0.29) is 0 Å². The van der Waals surface area contributed by atoms with E-state index in [4.69, 9.17) is 11.6 Å². The summed E-state index contributed by atoms with van der Waals surface area (Å²) in [5.41, 5.74) is 2.42. The minimum atomic E-state index is 0.338. The van der Waals surface area contributed by atoms with Crippen molar-refractivity contribution in [3.8, 4) is 5.75 Å². The van der Waals surface area contributed by atoms with Crippen LogP contribution in [0.4, 0.5) is 5.69 Å². The number of benzene rings is 2. The Hall–Kier alpha value is -1.41. The van der Waals surface area contributed by atoms with Crippen LogP contribution < -0.4 is 4.90 Å². The standard InChI is InChI=1S/C16H18ClNO/c1-10(2)18-9-11(8-17)16-13-6-4-3-5-12(13)15(19)7-14(16)18/h3-7,10-11,19H,8-9H2,1-2H3. The van der Waals surface area contributed by atoms with E-state index in [9.17, 15) is 5.11 Å². The van der Waals surface area contributed by atoms with Gasteiger partial charge < -0.3 is 10.0 Å². The normalized spacial score (nSPS) is 18.3. The van der Waals surface area contributed by atoms with Crippen LogP contribution in [0.15, 0.2) is 30.3 Å². The molecule has 0 saturated carbocycles. The molecule has 2 aromatic carbocycles. The van der Waals surface area contributed by atoms with Crippen molar-refractivity contribution in [2.45, 2.75) is 25.8 Å². The van der Waals surface area contributed by atoms with Gasteiger partial charge in [0, 0.05) is 41.5 Å². The first-order valence-electron chi connectivity index (χ1n) is 6.70. The molecule has 1 aliphatic heterocycles. The van der Waals surface area contributed by atoms with Crippen LogP contribution in [-0.2, 0) is 0 Å². The zero-order valence-electron chi connectivity index (χ0n) is 11.2. The number of phenolic OH excluding ortho intramolecular Hbond substituents is 1. The molecule has 19 heavy (non-hydrogen) atoms. The van der Waals surface area contributed by atoms with Gasteiger partial charge in [0.05, 0.1) is 0 Å². The summed E-state index contributed by atoms with van der Waals surface area (Å²) >= 11 is 6.16. The molecule has 100 valence electrons. The molecule has 0 saturated heterocycles. The molecular weight excluding hydrogens is 258 g/mol. The maximum absolute atomic E-state index is 10.2. The predicted octanol–water partition coefficient (Wildman–Crippen LogP) is 4.10. The molecule has 2 nitrogen and oxygen atoms in total. The number of anilines is 1. The monoisotopic (exact) mass is 275 g/mol. The van der Waals surface area contributed by atoms with Crippen molar-refractivity contribution >= 4 is 28.1 Å². The van der Waals surface area contributed by atoms with E-state index in [0.29, 0.717) is 23.6 Å². The first-order chi connectivity index (χ1) is 9.13. The second-order valence-corrected chi connectivity index (χ2v) is 5.78. The topological polar surface area (TPSA) is 23.5 Å². The molecule has 0 amide bonds. The van der Waals surface area contributed by atoms with Gasteiger partial charge in [-0.15, -0.1) is 11.6 Å². The van der Waals surface area contributed by atoms with Crippen molar-refractivity contribution in [3.05, 3.63) is 35.9 Å². The van der Waals surface area contributed by atoms with Gasteiger partial charge in [0.15, 0.2) is 0 Å². The van der Waals surface area contributed by atoms with Crippen LogP contribution in [0.1, 0.15) is 25.3 Å². The average molecular weight is 276 g/mol. The molecule has 0 aliphatic carbocycles. The van der Waals surface area contributed by atoms with Gasteiger partial charge in [0.2, 0.25) is 0 Å². The van der Waals surface area contributed by atoms with Gasteiger partial charge in [-0.1, -0.05) is 24.3 Å². The second kappa shape index (κ2) is 4.61. The number of halogens is 1. The first-order valence-corrected chi connectivity index (χ1v) is 7.24. The number of fused-ring (bicyclic) bond motifs is 3. The molecule has 0 bridgehead atoms. The highest BCUT2D eigenvalue weighted by Gasteiger charge is 2.31. The lowest BCUT2D eigenvalue weighted by molar-refractivity contribution is 0.481. The number of hydrogen-bond donors (Lipinski definition) is 1. The van der Waals surface area contributed by atoms with Crippen molar-refractivity contribution in [1.82, 2.24) is 0 Å².